The number of azo groups is 1. The molecule has 1 N–H and O–H groups in total. The lowest BCUT2D eigenvalue weighted by Crippen LogP contribution is -2.47. The number of fused-ring (bicyclic) bond motifs is 5. The molecule has 5 rings (SSSR count). The monoisotopic (exact) mass is 403 g/mol. The predicted molar refractivity (Wildman–Crippen MR) is 111 cm³/mol. The van der Waals surface area contributed by atoms with E-state index in [0.717, 1.165) is 11.1 Å². The fourth-order valence-electron chi connectivity index (χ4n) is 4.41. The van der Waals surface area contributed by atoms with Gasteiger partial charge in [-0.15, -0.1) is 5.10 Å². The number of benzene rings is 2. The first-order chi connectivity index (χ1) is 14.7. The van der Waals surface area contributed by atoms with Gasteiger partial charge in [0.05, 0.1) is 18.3 Å². The molecular formula is C22H21N5O3. The third kappa shape index (κ3) is 2.96. The molecule has 2 aliphatic heterocycles. The van der Waals surface area contributed by atoms with Crippen LogP contribution in [0.1, 0.15) is 24.1 Å². The first-order valence-corrected chi connectivity index (χ1v) is 10.0. The molecule has 1 aliphatic carbocycles. The van der Waals surface area contributed by atoms with Crippen LogP contribution in [0.4, 0.5) is 5.69 Å². The van der Waals surface area contributed by atoms with Gasteiger partial charge in [0.1, 0.15) is 0 Å². The van der Waals surface area contributed by atoms with Gasteiger partial charge in [-0.3, -0.25) is 4.99 Å². The van der Waals surface area contributed by atoms with Crippen molar-refractivity contribution in [3.63, 3.8) is 0 Å². The zero-order chi connectivity index (χ0) is 20.7. The number of carbonyl (C=O) groups is 1. The number of carbonyl (C=O) groups excluding carboxylic acids is 1. The molecule has 2 aromatic rings. The number of nitrogens with zero attached hydrogens (tertiary/aromatic N) is 5. The maximum atomic E-state index is 12.7. The maximum absolute atomic E-state index is 12.7. The first-order valence-electron chi connectivity index (χ1n) is 10.0. The van der Waals surface area contributed by atoms with Crippen molar-refractivity contribution in [3.05, 3.63) is 65.7 Å². The number of rotatable bonds is 4. The molecule has 2 aromatic carbocycles. The average molecular weight is 403 g/mol. The number of amidine groups is 1. The number of hydrogen-bond acceptors (Lipinski definition) is 7. The summed E-state index contributed by atoms with van der Waals surface area (Å²) < 4.78 is 5.31. The molecule has 0 fully saturated rings. The van der Waals surface area contributed by atoms with E-state index < -0.39 is 12.1 Å². The largest absolute Gasteiger partial charge is 0.493 e. The Morgan fingerprint density at radius 2 is 1.97 bits per heavy atom. The number of esters is 1. The fourth-order valence-corrected chi connectivity index (χ4v) is 4.41. The Labute approximate surface area is 173 Å². The van der Waals surface area contributed by atoms with Gasteiger partial charge in [-0.2, -0.15) is 10.2 Å². The Bertz CT molecular complexity index is 1070. The summed E-state index contributed by atoms with van der Waals surface area (Å²) in [5.74, 6) is -0.242. The van der Waals surface area contributed by atoms with E-state index >= 15 is 0 Å². The number of aliphatic hydroxyl groups excluding tert-OH is 1. The number of ether oxygens (including phenoxy) is 1. The normalized spacial score (nSPS) is 26.6. The van der Waals surface area contributed by atoms with Gasteiger partial charge < -0.3 is 9.84 Å². The van der Waals surface area contributed by atoms with Gasteiger partial charge in [0.2, 0.25) is 11.9 Å². The topological polar surface area (TPSA) is 99.2 Å². The molecule has 8 heteroatoms. The van der Waals surface area contributed by atoms with Gasteiger partial charge >= 0.3 is 5.97 Å². The average Bonchev–Trinajstić information content (AvgIpc) is 3.29. The minimum Gasteiger partial charge on any atom is -0.493 e. The molecule has 30 heavy (non-hydrogen) atoms. The van der Waals surface area contributed by atoms with Crippen LogP contribution in [0.2, 0.25) is 0 Å². The van der Waals surface area contributed by atoms with E-state index in [0.29, 0.717) is 17.9 Å². The molecule has 0 amide bonds. The third-order valence-corrected chi connectivity index (χ3v) is 5.68. The van der Waals surface area contributed by atoms with Crippen molar-refractivity contribution in [2.75, 3.05) is 6.61 Å². The standard InChI is InChI=1S/C22H21N5O3/c1-2-30-22(29)17-16-12-13-8-6-7-11-15(13)19(16)27-20(23-17)18(21(28)26-27)25-24-14-9-4-3-5-10-14/h3-11,16-19H,2,12H2,1H3,(H,26,28)/b25-24+. The molecule has 0 bridgehead atoms. The van der Waals surface area contributed by atoms with Crippen molar-refractivity contribution in [2.45, 2.75) is 31.5 Å². The van der Waals surface area contributed by atoms with Crippen LogP contribution in [-0.4, -0.2) is 46.5 Å². The number of hydrogen-bond donors (Lipinski definition) is 1. The Morgan fingerprint density at radius 1 is 1.20 bits per heavy atom. The highest BCUT2D eigenvalue weighted by molar-refractivity contribution is 6.11. The van der Waals surface area contributed by atoms with E-state index in [4.69, 9.17) is 4.74 Å². The summed E-state index contributed by atoms with van der Waals surface area (Å²) in [5.41, 5.74) is 2.90. The summed E-state index contributed by atoms with van der Waals surface area (Å²) in [7, 11) is 0. The third-order valence-electron chi connectivity index (χ3n) is 5.68. The lowest BCUT2D eigenvalue weighted by atomic mass is 9.90. The van der Waals surface area contributed by atoms with Crippen LogP contribution in [0, 0.1) is 5.92 Å². The van der Waals surface area contributed by atoms with Gasteiger partial charge in [-0.1, -0.05) is 42.5 Å². The van der Waals surface area contributed by atoms with E-state index in [1.54, 1.807) is 11.9 Å². The summed E-state index contributed by atoms with van der Waals surface area (Å²) in [6, 6.07) is 15.6. The Hall–Kier alpha value is -3.55. The van der Waals surface area contributed by atoms with E-state index in [1.807, 2.05) is 48.5 Å². The highest BCUT2D eigenvalue weighted by atomic mass is 16.5. The molecule has 0 saturated heterocycles. The number of hydrazone groups is 1. The number of aliphatic imine (C=N–C) groups is 1. The first kappa shape index (κ1) is 18.5. The van der Waals surface area contributed by atoms with Crippen molar-refractivity contribution in [1.29, 1.82) is 0 Å². The Morgan fingerprint density at radius 3 is 2.77 bits per heavy atom. The summed E-state index contributed by atoms with van der Waals surface area (Å²) in [4.78, 5) is 17.4. The Kier molecular flexibility index (Phi) is 4.54. The molecule has 152 valence electrons. The van der Waals surface area contributed by atoms with Crippen molar-refractivity contribution in [2.24, 2.45) is 26.2 Å². The molecule has 4 unspecified atom stereocenters. The second-order valence-electron chi connectivity index (χ2n) is 7.45. The summed E-state index contributed by atoms with van der Waals surface area (Å²) in [6.45, 7) is 2.07. The van der Waals surface area contributed by atoms with Gasteiger partial charge in [-0.05, 0) is 36.6 Å². The van der Waals surface area contributed by atoms with E-state index in [2.05, 4.69) is 26.4 Å². The minimum absolute atomic E-state index is 0.119. The van der Waals surface area contributed by atoms with Crippen molar-refractivity contribution < 1.29 is 14.6 Å². The lowest BCUT2D eigenvalue weighted by Gasteiger charge is -2.36. The lowest BCUT2D eigenvalue weighted by molar-refractivity contribution is -0.146. The second-order valence-corrected chi connectivity index (χ2v) is 7.45. The zero-order valence-electron chi connectivity index (χ0n) is 16.4. The molecule has 4 atom stereocenters. The molecule has 0 aromatic heterocycles. The van der Waals surface area contributed by atoms with E-state index in [1.165, 1.54) is 0 Å². The summed E-state index contributed by atoms with van der Waals surface area (Å²) >= 11 is 0. The smallest absolute Gasteiger partial charge is 0.331 e. The van der Waals surface area contributed by atoms with Crippen LogP contribution in [0.25, 0.3) is 0 Å². The van der Waals surface area contributed by atoms with Crippen LogP contribution in [0.15, 0.2) is 74.9 Å². The van der Waals surface area contributed by atoms with Gasteiger partial charge in [0.15, 0.2) is 11.9 Å². The highest BCUT2D eigenvalue weighted by Crippen LogP contribution is 2.47. The van der Waals surface area contributed by atoms with Gasteiger partial charge in [0.25, 0.3) is 0 Å². The molecule has 3 aliphatic rings. The Balaban J connectivity index is 1.55. The fraction of sp³-hybridized carbons (Fsp3) is 0.318. The van der Waals surface area contributed by atoms with Crippen molar-refractivity contribution in [3.8, 4) is 0 Å². The van der Waals surface area contributed by atoms with Crippen molar-refractivity contribution >= 4 is 23.4 Å². The van der Waals surface area contributed by atoms with Crippen molar-refractivity contribution in [1.82, 2.24) is 5.01 Å². The molecule has 0 radical (unpaired) electrons. The molecule has 2 heterocycles. The van der Waals surface area contributed by atoms with E-state index in [9.17, 15) is 9.90 Å². The maximum Gasteiger partial charge on any atom is 0.331 e. The minimum atomic E-state index is -0.851. The summed E-state index contributed by atoms with van der Waals surface area (Å²) in [5, 5.41) is 25.1. The van der Waals surface area contributed by atoms with Crippen LogP contribution in [0.3, 0.4) is 0 Å². The van der Waals surface area contributed by atoms with Crippen LogP contribution < -0.4 is 0 Å². The zero-order valence-corrected chi connectivity index (χ0v) is 16.4. The van der Waals surface area contributed by atoms with Crippen LogP contribution >= 0.6 is 0 Å². The van der Waals surface area contributed by atoms with E-state index in [-0.39, 0.29) is 30.4 Å². The molecule has 8 nitrogen and oxygen atoms in total. The summed E-state index contributed by atoms with van der Waals surface area (Å²) in [6.07, 6.45) is 0.698. The highest BCUT2D eigenvalue weighted by Gasteiger charge is 2.53. The van der Waals surface area contributed by atoms with Gasteiger partial charge in [-0.25, -0.2) is 9.80 Å². The molecule has 0 saturated carbocycles. The number of aliphatic hydroxyl groups is 1. The van der Waals surface area contributed by atoms with Crippen LogP contribution in [0.5, 0.6) is 0 Å². The molecule has 0 spiro atoms. The second kappa shape index (κ2) is 7.37. The molecular weight excluding hydrogens is 382 g/mol. The predicted octanol–water partition coefficient (Wildman–Crippen LogP) is 3.58. The van der Waals surface area contributed by atoms with Gasteiger partial charge in [0, 0.05) is 5.92 Å². The SMILES string of the molecule is CCOC(=O)C1N=C2C(/N=N/c3ccccc3)C(O)=NN2C2c3ccccc3CC12. The van der Waals surface area contributed by atoms with Crippen LogP contribution in [-0.2, 0) is 16.0 Å². The quantitative estimate of drug-likeness (QED) is 0.623.